The first-order valence-corrected chi connectivity index (χ1v) is 7.89. The lowest BCUT2D eigenvalue weighted by molar-refractivity contribution is -0.131. The Kier molecular flexibility index (Phi) is 4.91. The van der Waals surface area contributed by atoms with Gasteiger partial charge < -0.3 is 14.6 Å². The summed E-state index contributed by atoms with van der Waals surface area (Å²) in [5.74, 6) is 0.965. The highest BCUT2D eigenvalue weighted by Gasteiger charge is 2.23. The Labute approximate surface area is 131 Å². The Morgan fingerprint density at radius 2 is 2.00 bits per heavy atom. The second kappa shape index (κ2) is 7.27. The third-order valence-electron chi connectivity index (χ3n) is 3.91. The highest BCUT2D eigenvalue weighted by Crippen LogP contribution is 2.18. The van der Waals surface area contributed by atoms with Gasteiger partial charge in [-0.2, -0.15) is 0 Å². The van der Waals surface area contributed by atoms with Crippen molar-refractivity contribution in [3.05, 3.63) is 60.1 Å². The molecule has 0 spiro atoms. The lowest BCUT2D eigenvalue weighted by atomic mass is 10.1. The third kappa shape index (κ3) is 4.46. The molecule has 1 aliphatic carbocycles. The molecule has 0 atom stereocenters. The number of hydrogen-bond acceptors (Lipinski definition) is 3. The molecular weight excluding hydrogens is 276 g/mol. The molecule has 0 aliphatic heterocycles. The Balaban J connectivity index is 1.58. The average molecular weight is 298 g/mol. The molecule has 0 radical (unpaired) electrons. The lowest BCUT2D eigenvalue weighted by Crippen LogP contribution is -2.39. The Bertz CT molecular complexity index is 576. The van der Waals surface area contributed by atoms with E-state index in [1.807, 2.05) is 35.2 Å². The molecule has 4 nitrogen and oxygen atoms in total. The first-order chi connectivity index (χ1) is 10.8. The summed E-state index contributed by atoms with van der Waals surface area (Å²) in [6, 6.07) is 14.6. The zero-order chi connectivity index (χ0) is 15.2. The van der Waals surface area contributed by atoms with Crippen molar-refractivity contribution in [3.8, 4) is 0 Å². The van der Waals surface area contributed by atoms with Gasteiger partial charge in [-0.25, -0.2) is 0 Å². The van der Waals surface area contributed by atoms with E-state index in [2.05, 4.69) is 17.4 Å². The molecule has 1 amide bonds. The van der Waals surface area contributed by atoms with E-state index in [4.69, 9.17) is 4.42 Å². The van der Waals surface area contributed by atoms with Crippen LogP contribution in [0.5, 0.6) is 0 Å². The number of carbonyl (C=O) groups is 1. The number of furan rings is 1. The van der Waals surface area contributed by atoms with Gasteiger partial charge >= 0.3 is 0 Å². The van der Waals surface area contributed by atoms with Crippen molar-refractivity contribution < 1.29 is 9.21 Å². The lowest BCUT2D eigenvalue weighted by Gasteiger charge is -2.22. The topological polar surface area (TPSA) is 45.5 Å². The number of nitrogens with one attached hydrogen (secondary N) is 1. The van der Waals surface area contributed by atoms with Gasteiger partial charge in [0.1, 0.15) is 5.76 Å². The van der Waals surface area contributed by atoms with Crippen LogP contribution in [-0.2, 0) is 17.8 Å². The van der Waals surface area contributed by atoms with E-state index in [1.165, 1.54) is 18.4 Å². The van der Waals surface area contributed by atoms with Crippen LogP contribution < -0.4 is 5.32 Å². The highest BCUT2D eigenvalue weighted by atomic mass is 16.3. The fourth-order valence-electron chi connectivity index (χ4n) is 2.42. The maximum Gasteiger partial charge on any atom is 0.236 e. The predicted molar refractivity (Wildman–Crippen MR) is 85.3 cm³/mol. The van der Waals surface area contributed by atoms with Crippen molar-refractivity contribution in [1.29, 1.82) is 0 Å². The zero-order valence-electron chi connectivity index (χ0n) is 12.7. The smallest absolute Gasteiger partial charge is 0.236 e. The standard InChI is InChI=1S/C18H22N2O2/c21-18(13-19-16-8-9-16)20(14-17-7-4-12-22-17)11-10-15-5-2-1-3-6-15/h1-7,12,16,19H,8-11,13-14H2. The van der Waals surface area contributed by atoms with Crippen LogP contribution in [0.3, 0.4) is 0 Å². The molecule has 0 bridgehead atoms. The van der Waals surface area contributed by atoms with Crippen LogP contribution in [0.25, 0.3) is 0 Å². The normalized spacial score (nSPS) is 14.0. The summed E-state index contributed by atoms with van der Waals surface area (Å²) in [4.78, 5) is 14.3. The van der Waals surface area contributed by atoms with E-state index in [9.17, 15) is 4.79 Å². The van der Waals surface area contributed by atoms with Crippen molar-refractivity contribution in [2.45, 2.75) is 31.8 Å². The molecule has 1 aliphatic rings. The Morgan fingerprint density at radius 1 is 1.18 bits per heavy atom. The molecule has 1 N–H and O–H groups in total. The molecule has 22 heavy (non-hydrogen) atoms. The Hall–Kier alpha value is -2.07. The summed E-state index contributed by atoms with van der Waals surface area (Å²) < 4.78 is 5.39. The van der Waals surface area contributed by atoms with Gasteiger partial charge in [0, 0.05) is 12.6 Å². The molecule has 1 fully saturated rings. The summed E-state index contributed by atoms with van der Waals surface area (Å²) in [5, 5.41) is 3.29. The largest absolute Gasteiger partial charge is 0.467 e. The SMILES string of the molecule is O=C(CNC1CC1)N(CCc1ccccc1)Cc1ccco1. The van der Waals surface area contributed by atoms with Crippen LogP contribution in [-0.4, -0.2) is 29.9 Å². The van der Waals surface area contributed by atoms with Gasteiger partial charge in [-0.15, -0.1) is 0 Å². The number of nitrogens with zero attached hydrogens (tertiary/aromatic N) is 1. The van der Waals surface area contributed by atoms with Crippen LogP contribution >= 0.6 is 0 Å². The maximum absolute atomic E-state index is 12.4. The number of benzene rings is 1. The summed E-state index contributed by atoms with van der Waals surface area (Å²) in [5.41, 5.74) is 1.25. The molecule has 1 saturated carbocycles. The van der Waals surface area contributed by atoms with Gasteiger partial charge in [-0.1, -0.05) is 30.3 Å². The number of hydrogen-bond donors (Lipinski definition) is 1. The summed E-state index contributed by atoms with van der Waals surface area (Å²) in [7, 11) is 0. The summed E-state index contributed by atoms with van der Waals surface area (Å²) in [6.45, 7) is 1.65. The van der Waals surface area contributed by atoms with Crippen molar-refractivity contribution in [2.24, 2.45) is 0 Å². The maximum atomic E-state index is 12.4. The van der Waals surface area contributed by atoms with Gasteiger partial charge in [0.05, 0.1) is 19.4 Å². The molecule has 1 aromatic heterocycles. The van der Waals surface area contributed by atoms with E-state index in [0.717, 1.165) is 12.2 Å². The number of rotatable bonds is 8. The van der Waals surface area contributed by atoms with Crippen molar-refractivity contribution in [2.75, 3.05) is 13.1 Å². The molecule has 4 heteroatoms. The minimum Gasteiger partial charge on any atom is -0.467 e. The van der Waals surface area contributed by atoms with Gasteiger partial charge in [-0.3, -0.25) is 4.79 Å². The molecule has 0 unspecified atom stereocenters. The van der Waals surface area contributed by atoms with E-state index in [-0.39, 0.29) is 5.91 Å². The van der Waals surface area contributed by atoms with Crippen LogP contribution in [0.2, 0.25) is 0 Å². The fourth-order valence-corrected chi connectivity index (χ4v) is 2.42. The Morgan fingerprint density at radius 3 is 2.68 bits per heavy atom. The third-order valence-corrected chi connectivity index (χ3v) is 3.91. The van der Waals surface area contributed by atoms with Gasteiger partial charge in [0.25, 0.3) is 0 Å². The zero-order valence-corrected chi connectivity index (χ0v) is 12.7. The predicted octanol–water partition coefficient (Wildman–Crippen LogP) is 2.60. The molecule has 0 saturated heterocycles. The highest BCUT2D eigenvalue weighted by molar-refractivity contribution is 5.78. The molecule has 3 rings (SSSR count). The van der Waals surface area contributed by atoms with Crippen molar-refractivity contribution >= 4 is 5.91 Å². The minimum absolute atomic E-state index is 0.138. The van der Waals surface area contributed by atoms with E-state index < -0.39 is 0 Å². The van der Waals surface area contributed by atoms with Crippen LogP contribution in [0, 0.1) is 0 Å². The van der Waals surface area contributed by atoms with Gasteiger partial charge in [0.15, 0.2) is 0 Å². The number of amides is 1. The molecule has 2 aromatic rings. The van der Waals surface area contributed by atoms with Gasteiger partial charge in [-0.05, 0) is 37.0 Å². The minimum atomic E-state index is 0.138. The van der Waals surface area contributed by atoms with Crippen molar-refractivity contribution in [1.82, 2.24) is 10.2 Å². The molecule has 1 aromatic carbocycles. The monoisotopic (exact) mass is 298 g/mol. The van der Waals surface area contributed by atoms with Crippen LogP contribution in [0.1, 0.15) is 24.2 Å². The second-order valence-electron chi connectivity index (χ2n) is 5.79. The first kappa shape index (κ1) is 14.9. The second-order valence-corrected chi connectivity index (χ2v) is 5.79. The van der Waals surface area contributed by atoms with Gasteiger partial charge in [0.2, 0.25) is 5.91 Å². The quantitative estimate of drug-likeness (QED) is 0.815. The van der Waals surface area contributed by atoms with Crippen LogP contribution in [0.15, 0.2) is 53.1 Å². The van der Waals surface area contributed by atoms with Crippen LogP contribution in [0.4, 0.5) is 0 Å². The first-order valence-electron chi connectivity index (χ1n) is 7.89. The van der Waals surface area contributed by atoms with E-state index >= 15 is 0 Å². The molecule has 116 valence electrons. The summed E-state index contributed by atoms with van der Waals surface area (Å²) >= 11 is 0. The number of carbonyl (C=O) groups excluding carboxylic acids is 1. The molecular formula is C18H22N2O2. The fraction of sp³-hybridized carbons (Fsp3) is 0.389. The van der Waals surface area contributed by atoms with E-state index in [0.29, 0.717) is 25.7 Å². The molecule has 1 heterocycles. The summed E-state index contributed by atoms with van der Waals surface area (Å²) in [6.07, 6.45) is 4.89. The average Bonchev–Trinajstić information content (AvgIpc) is 3.24. The van der Waals surface area contributed by atoms with Crippen molar-refractivity contribution in [3.63, 3.8) is 0 Å². The van der Waals surface area contributed by atoms with E-state index in [1.54, 1.807) is 6.26 Å².